The molecule has 1 heterocycles. The fourth-order valence-corrected chi connectivity index (χ4v) is 2.08. The van der Waals surface area contributed by atoms with Gasteiger partial charge in [0.1, 0.15) is 0 Å². The van der Waals surface area contributed by atoms with Gasteiger partial charge in [-0.1, -0.05) is 17.8 Å². The van der Waals surface area contributed by atoms with Gasteiger partial charge in [0, 0.05) is 27.9 Å². The van der Waals surface area contributed by atoms with E-state index in [1.54, 1.807) is 24.2 Å². The molecule has 2 N–H and O–H groups in total. The second-order valence-electron chi connectivity index (χ2n) is 3.30. The lowest BCUT2D eigenvalue weighted by Gasteiger charge is -2.04. The Hall–Kier alpha value is -1.48. The summed E-state index contributed by atoms with van der Waals surface area (Å²) in [7, 11) is 0. The van der Waals surface area contributed by atoms with Crippen LogP contribution in [0.1, 0.15) is 5.56 Å². The van der Waals surface area contributed by atoms with Gasteiger partial charge in [0.2, 0.25) is 0 Å². The fraction of sp³-hybridized carbons (Fsp3) is 0.0833. The Balaban J connectivity index is 2.22. The molecule has 0 saturated carbocycles. The van der Waals surface area contributed by atoms with E-state index in [0.717, 1.165) is 16.1 Å². The smallest absolute Gasteiger partial charge is 0.0355 e. The SMILES string of the molecule is Cc1ccc(Sc2ccncc2)cc1N. The van der Waals surface area contributed by atoms with Crippen LogP contribution in [-0.2, 0) is 0 Å². The van der Waals surface area contributed by atoms with E-state index in [0.29, 0.717) is 0 Å². The molecule has 2 rings (SSSR count). The Morgan fingerprint density at radius 3 is 2.47 bits per heavy atom. The summed E-state index contributed by atoms with van der Waals surface area (Å²) in [5, 5.41) is 0. The van der Waals surface area contributed by atoms with Crippen LogP contribution in [-0.4, -0.2) is 4.98 Å². The molecule has 0 amide bonds. The van der Waals surface area contributed by atoms with Gasteiger partial charge in [0.25, 0.3) is 0 Å². The zero-order valence-corrected chi connectivity index (χ0v) is 9.29. The van der Waals surface area contributed by atoms with Gasteiger partial charge in [0.15, 0.2) is 0 Å². The van der Waals surface area contributed by atoms with E-state index in [1.165, 1.54) is 4.90 Å². The Labute approximate surface area is 93.5 Å². The lowest BCUT2D eigenvalue weighted by atomic mass is 10.2. The molecule has 0 spiro atoms. The molecule has 0 radical (unpaired) electrons. The molecule has 0 saturated heterocycles. The number of pyridine rings is 1. The van der Waals surface area contributed by atoms with Crippen LogP contribution in [0.15, 0.2) is 52.5 Å². The van der Waals surface area contributed by atoms with Gasteiger partial charge in [-0.15, -0.1) is 0 Å². The standard InChI is InChI=1S/C12H12N2S/c1-9-2-3-11(8-12(9)13)15-10-4-6-14-7-5-10/h2-8H,13H2,1H3. The van der Waals surface area contributed by atoms with Gasteiger partial charge in [-0.2, -0.15) is 0 Å². The average Bonchev–Trinajstić information content (AvgIpc) is 2.25. The van der Waals surface area contributed by atoms with Crippen LogP contribution < -0.4 is 5.73 Å². The summed E-state index contributed by atoms with van der Waals surface area (Å²) in [6, 6.07) is 10.1. The van der Waals surface area contributed by atoms with E-state index < -0.39 is 0 Å². The number of aryl methyl sites for hydroxylation is 1. The first-order chi connectivity index (χ1) is 7.25. The Kier molecular flexibility index (Phi) is 2.92. The van der Waals surface area contributed by atoms with E-state index in [-0.39, 0.29) is 0 Å². The molecule has 2 aromatic rings. The van der Waals surface area contributed by atoms with Gasteiger partial charge in [-0.3, -0.25) is 4.98 Å². The molecule has 76 valence electrons. The Morgan fingerprint density at radius 2 is 1.80 bits per heavy atom. The van der Waals surface area contributed by atoms with Crippen LogP contribution in [0.4, 0.5) is 5.69 Å². The van der Waals surface area contributed by atoms with Crippen molar-refractivity contribution < 1.29 is 0 Å². The lowest BCUT2D eigenvalue weighted by Crippen LogP contribution is -1.88. The summed E-state index contributed by atoms with van der Waals surface area (Å²) in [6.45, 7) is 2.01. The molecule has 15 heavy (non-hydrogen) atoms. The number of hydrogen-bond acceptors (Lipinski definition) is 3. The van der Waals surface area contributed by atoms with E-state index in [1.807, 2.05) is 31.2 Å². The maximum absolute atomic E-state index is 5.85. The van der Waals surface area contributed by atoms with E-state index >= 15 is 0 Å². The van der Waals surface area contributed by atoms with Crippen molar-refractivity contribution in [1.82, 2.24) is 4.98 Å². The van der Waals surface area contributed by atoms with Crippen LogP contribution in [0, 0.1) is 6.92 Å². The van der Waals surface area contributed by atoms with Crippen LogP contribution in [0.3, 0.4) is 0 Å². The first kappa shape index (κ1) is 10.1. The summed E-state index contributed by atoms with van der Waals surface area (Å²) < 4.78 is 0. The molecule has 0 aliphatic heterocycles. The molecule has 0 fully saturated rings. The summed E-state index contributed by atoms with van der Waals surface area (Å²) in [4.78, 5) is 6.31. The van der Waals surface area contributed by atoms with Crippen molar-refractivity contribution in [2.24, 2.45) is 0 Å². The first-order valence-electron chi connectivity index (χ1n) is 4.70. The lowest BCUT2D eigenvalue weighted by molar-refractivity contribution is 1.26. The van der Waals surface area contributed by atoms with Gasteiger partial charge in [0.05, 0.1) is 0 Å². The highest BCUT2D eigenvalue weighted by Gasteiger charge is 1.99. The summed E-state index contributed by atoms with van der Waals surface area (Å²) >= 11 is 1.69. The number of rotatable bonds is 2. The summed E-state index contributed by atoms with van der Waals surface area (Å²) in [5.41, 5.74) is 7.81. The molecule has 0 atom stereocenters. The Morgan fingerprint density at radius 1 is 1.07 bits per heavy atom. The molecule has 3 heteroatoms. The normalized spacial score (nSPS) is 10.2. The highest BCUT2D eigenvalue weighted by atomic mass is 32.2. The zero-order valence-electron chi connectivity index (χ0n) is 8.47. The second kappa shape index (κ2) is 4.36. The molecule has 2 nitrogen and oxygen atoms in total. The average molecular weight is 216 g/mol. The molecule has 1 aromatic carbocycles. The third kappa shape index (κ3) is 2.50. The number of hydrogen-bond donors (Lipinski definition) is 1. The number of nitrogen functional groups attached to an aromatic ring is 1. The molecule has 0 aliphatic rings. The minimum absolute atomic E-state index is 0.842. The minimum atomic E-state index is 0.842. The van der Waals surface area contributed by atoms with Crippen molar-refractivity contribution in [3.8, 4) is 0 Å². The molecular formula is C12H12N2S. The van der Waals surface area contributed by atoms with E-state index in [9.17, 15) is 0 Å². The molecule has 0 unspecified atom stereocenters. The molecular weight excluding hydrogens is 204 g/mol. The monoisotopic (exact) mass is 216 g/mol. The van der Waals surface area contributed by atoms with Crippen molar-refractivity contribution in [3.63, 3.8) is 0 Å². The number of benzene rings is 1. The topological polar surface area (TPSA) is 38.9 Å². The largest absolute Gasteiger partial charge is 0.398 e. The quantitative estimate of drug-likeness (QED) is 0.784. The van der Waals surface area contributed by atoms with Crippen LogP contribution in [0.25, 0.3) is 0 Å². The van der Waals surface area contributed by atoms with Crippen molar-refractivity contribution in [2.45, 2.75) is 16.7 Å². The molecule has 0 bridgehead atoms. The minimum Gasteiger partial charge on any atom is -0.398 e. The molecule has 0 aliphatic carbocycles. The fourth-order valence-electron chi connectivity index (χ4n) is 1.22. The predicted molar refractivity (Wildman–Crippen MR) is 64.0 cm³/mol. The summed E-state index contributed by atoms with van der Waals surface area (Å²) in [6.07, 6.45) is 3.58. The number of nitrogens with two attached hydrogens (primary N) is 1. The van der Waals surface area contributed by atoms with Gasteiger partial charge < -0.3 is 5.73 Å². The van der Waals surface area contributed by atoms with E-state index in [4.69, 9.17) is 5.73 Å². The third-order valence-electron chi connectivity index (χ3n) is 2.14. The first-order valence-corrected chi connectivity index (χ1v) is 5.51. The van der Waals surface area contributed by atoms with Crippen LogP contribution in [0.2, 0.25) is 0 Å². The number of nitrogens with zero attached hydrogens (tertiary/aromatic N) is 1. The molecule has 1 aromatic heterocycles. The summed E-state index contributed by atoms with van der Waals surface area (Å²) in [5.74, 6) is 0. The predicted octanol–water partition coefficient (Wildman–Crippen LogP) is 3.12. The number of anilines is 1. The van der Waals surface area contributed by atoms with Gasteiger partial charge in [-0.25, -0.2) is 0 Å². The third-order valence-corrected chi connectivity index (χ3v) is 3.13. The van der Waals surface area contributed by atoms with Gasteiger partial charge >= 0.3 is 0 Å². The maximum atomic E-state index is 5.85. The van der Waals surface area contributed by atoms with Crippen molar-refractivity contribution in [1.29, 1.82) is 0 Å². The Bertz CT molecular complexity index is 454. The van der Waals surface area contributed by atoms with Gasteiger partial charge in [-0.05, 0) is 36.8 Å². The highest BCUT2D eigenvalue weighted by Crippen LogP contribution is 2.29. The maximum Gasteiger partial charge on any atom is 0.0355 e. The van der Waals surface area contributed by atoms with Crippen LogP contribution >= 0.6 is 11.8 Å². The van der Waals surface area contributed by atoms with E-state index in [2.05, 4.69) is 11.1 Å². The zero-order chi connectivity index (χ0) is 10.7. The number of aromatic nitrogens is 1. The van der Waals surface area contributed by atoms with Crippen molar-refractivity contribution in [3.05, 3.63) is 48.3 Å². The highest BCUT2D eigenvalue weighted by molar-refractivity contribution is 7.99. The van der Waals surface area contributed by atoms with Crippen LogP contribution in [0.5, 0.6) is 0 Å². The second-order valence-corrected chi connectivity index (χ2v) is 4.45. The van der Waals surface area contributed by atoms with Crippen molar-refractivity contribution >= 4 is 17.4 Å². The van der Waals surface area contributed by atoms with Crippen molar-refractivity contribution in [2.75, 3.05) is 5.73 Å².